The molecule has 2 rings (SSSR count). The lowest BCUT2D eigenvalue weighted by atomic mass is 10.1. The van der Waals surface area contributed by atoms with Crippen LogP contribution in [0.1, 0.15) is 24.8 Å². The van der Waals surface area contributed by atoms with Crippen LogP contribution in [0.3, 0.4) is 0 Å². The zero-order valence-electron chi connectivity index (χ0n) is 9.72. The molecule has 4 nitrogen and oxygen atoms in total. The van der Waals surface area contributed by atoms with Gasteiger partial charge in [0.05, 0.1) is 6.61 Å². The fourth-order valence-electron chi connectivity index (χ4n) is 1.78. The van der Waals surface area contributed by atoms with Gasteiger partial charge in [-0.05, 0) is 24.8 Å². The third-order valence-corrected chi connectivity index (χ3v) is 2.73. The second-order valence-corrected chi connectivity index (χ2v) is 4.10. The number of hydroxylamine groups is 1. The van der Waals surface area contributed by atoms with E-state index in [0.29, 0.717) is 13.2 Å². The molecule has 4 heteroatoms. The predicted octanol–water partition coefficient (Wildman–Crippen LogP) is 1.80. The summed E-state index contributed by atoms with van der Waals surface area (Å²) in [5, 5.41) is 0. The average molecular weight is 235 g/mol. The smallest absolute Gasteiger partial charge is 0.272 e. The van der Waals surface area contributed by atoms with E-state index < -0.39 is 0 Å². The summed E-state index contributed by atoms with van der Waals surface area (Å²) in [6.45, 7) is 1.04. The molecule has 1 aromatic rings. The zero-order valence-corrected chi connectivity index (χ0v) is 9.72. The van der Waals surface area contributed by atoms with Gasteiger partial charge < -0.3 is 4.74 Å². The Kier molecular flexibility index (Phi) is 4.53. The zero-order chi connectivity index (χ0) is 11.9. The summed E-state index contributed by atoms with van der Waals surface area (Å²) < 4.78 is 5.35. The highest BCUT2D eigenvalue weighted by Crippen LogP contribution is 2.12. The molecule has 1 atom stereocenters. The summed E-state index contributed by atoms with van der Waals surface area (Å²) in [6, 6.07) is 9.71. The number of carbonyl (C=O) groups is 1. The van der Waals surface area contributed by atoms with Gasteiger partial charge in [0.1, 0.15) is 6.10 Å². The lowest BCUT2D eigenvalue weighted by Gasteiger charge is -2.21. The quantitative estimate of drug-likeness (QED) is 0.809. The molecule has 0 aromatic heterocycles. The normalized spacial score (nSPS) is 19.9. The first-order chi connectivity index (χ1) is 8.36. The Bertz CT molecular complexity index is 347. The molecule has 1 unspecified atom stereocenters. The Hall–Kier alpha value is -1.39. The molecule has 1 fully saturated rings. The monoisotopic (exact) mass is 235 g/mol. The molecule has 92 valence electrons. The van der Waals surface area contributed by atoms with E-state index in [2.05, 4.69) is 5.48 Å². The van der Waals surface area contributed by atoms with Gasteiger partial charge in [0, 0.05) is 6.61 Å². The lowest BCUT2D eigenvalue weighted by molar-refractivity contribution is -0.149. The molecule has 17 heavy (non-hydrogen) atoms. The number of amides is 1. The molecule has 1 aliphatic heterocycles. The van der Waals surface area contributed by atoms with Crippen molar-refractivity contribution >= 4 is 5.91 Å². The summed E-state index contributed by atoms with van der Waals surface area (Å²) in [7, 11) is 0. The molecular weight excluding hydrogens is 218 g/mol. The Morgan fingerprint density at radius 1 is 1.35 bits per heavy atom. The molecule has 1 aliphatic rings. The highest BCUT2D eigenvalue weighted by molar-refractivity contribution is 5.79. The van der Waals surface area contributed by atoms with Crippen molar-refractivity contribution in [1.82, 2.24) is 5.48 Å². The maximum absolute atomic E-state index is 11.6. The first-order valence-electron chi connectivity index (χ1n) is 5.93. The minimum Gasteiger partial charge on any atom is -0.368 e. The number of hydrogen-bond donors (Lipinski definition) is 1. The Balaban J connectivity index is 1.69. The van der Waals surface area contributed by atoms with Gasteiger partial charge in [0.25, 0.3) is 5.91 Å². The van der Waals surface area contributed by atoms with E-state index in [1.165, 1.54) is 0 Å². The van der Waals surface area contributed by atoms with Gasteiger partial charge in [-0.3, -0.25) is 9.63 Å². The van der Waals surface area contributed by atoms with Crippen molar-refractivity contribution in [3.05, 3.63) is 35.9 Å². The number of hydrogen-bond acceptors (Lipinski definition) is 3. The van der Waals surface area contributed by atoms with E-state index in [9.17, 15) is 4.79 Å². The van der Waals surface area contributed by atoms with Crippen LogP contribution in [0.2, 0.25) is 0 Å². The van der Waals surface area contributed by atoms with Gasteiger partial charge >= 0.3 is 0 Å². The first kappa shape index (κ1) is 12.1. The van der Waals surface area contributed by atoms with Crippen LogP contribution in [0.15, 0.2) is 30.3 Å². The molecule has 0 aliphatic carbocycles. The SMILES string of the molecule is O=C(NOCc1ccccc1)C1CCCCO1. The molecular formula is C13H17NO3. The number of nitrogens with one attached hydrogen (secondary N) is 1. The maximum Gasteiger partial charge on any atom is 0.272 e. The molecule has 1 aromatic carbocycles. The summed E-state index contributed by atoms with van der Waals surface area (Å²) in [6.07, 6.45) is 2.51. The van der Waals surface area contributed by atoms with Gasteiger partial charge in [0.15, 0.2) is 0 Å². The number of rotatable bonds is 4. The molecule has 1 amide bonds. The van der Waals surface area contributed by atoms with E-state index in [1.54, 1.807) is 0 Å². The predicted molar refractivity (Wildman–Crippen MR) is 63.0 cm³/mol. The van der Waals surface area contributed by atoms with Crippen LogP contribution in [0, 0.1) is 0 Å². The van der Waals surface area contributed by atoms with E-state index in [4.69, 9.17) is 9.57 Å². The van der Waals surface area contributed by atoms with Crippen molar-refractivity contribution < 1.29 is 14.4 Å². The Morgan fingerprint density at radius 3 is 2.88 bits per heavy atom. The largest absolute Gasteiger partial charge is 0.368 e. The van der Waals surface area contributed by atoms with E-state index in [0.717, 1.165) is 24.8 Å². The standard InChI is InChI=1S/C13H17NO3/c15-13(12-8-4-5-9-16-12)14-17-10-11-6-2-1-3-7-11/h1-3,6-7,12H,4-5,8-10H2,(H,14,15). The Labute approximate surface area is 101 Å². The van der Waals surface area contributed by atoms with Crippen molar-refractivity contribution in [3.63, 3.8) is 0 Å². The second-order valence-electron chi connectivity index (χ2n) is 4.10. The van der Waals surface area contributed by atoms with Gasteiger partial charge in [-0.15, -0.1) is 0 Å². The van der Waals surface area contributed by atoms with Crippen molar-refractivity contribution in [3.8, 4) is 0 Å². The molecule has 1 saturated heterocycles. The molecule has 0 radical (unpaired) electrons. The van der Waals surface area contributed by atoms with Gasteiger partial charge in [-0.25, -0.2) is 5.48 Å². The fraction of sp³-hybridized carbons (Fsp3) is 0.462. The molecule has 0 bridgehead atoms. The highest BCUT2D eigenvalue weighted by atomic mass is 16.7. The molecule has 1 heterocycles. The average Bonchev–Trinajstić information content (AvgIpc) is 2.41. The first-order valence-corrected chi connectivity index (χ1v) is 5.93. The summed E-state index contributed by atoms with van der Waals surface area (Å²) in [4.78, 5) is 16.8. The number of benzene rings is 1. The lowest BCUT2D eigenvalue weighted by Crippen LogP contribution is -2.38. The minimum atomic E-state index is -0.348. The highest BCUT2D eigenvalue weighted by Gasteiger charge is 2.21. The van der Waals surface area contributed by atoms with Crippen LogP contribution in [-0.2, 0) is 21.0 Å². The number of ether oxygens (including phenoxy) is 1. The van der Waals surface area contributed by atoms with Crippen molar-refractivity contribution in [2.24, 2.45) is 0 Å². The summed E-state index contributed by atoms with van der Waals surface area (Å²) in [5.74, 6) is -0.180. The van der Waals surface area contributed by atoms with E-state index >= 15 is 0 Å². The van der Waals surface area contributed by atoms with Crippen LogP contribution < -0.4 is 5.48 Å². The van der Waals surface area contributed by atoms with Gasteiger partial charge in [-0.1, -0.05) is 30.3 Å². The minimum absolute atomic E-state index is 0.180. The van der Waals surface area contributed by atoms with E-state index in [1.807, 2.05) is 30.3 Å². The van der Waals surface area contributed by atoms with Gasteiger partial charge in [0.2, 0.25) is 0 Å². The van der Waals surface area contributed by atoms with Crippen LogP contribution >= 0.6 is 0 Å². The summed E-state index contributed by atoms with van der Waals surface area (Å²) >= 11 is 0. The van der Waals surface area contributed by atoms with Crippen LogP contribution in [-0.4, -0.2) is 18.6 Å². The van der Waals surface area contributed by atoms with Crippen molar-refractivity contribution in [2.75, 3.05) is 6.61 Å². The van der Waals surface area contributed by atoms with E-state index in [-0.39, 0.29) is 12.0 Å². The number of carbonyl (C=O) groups excluding carboxylic acids is 1. The topological polar surface area (TPSA) is 47.6 Å². The molecule has 1 N–H and O–H groups in total. The van der Waals surface area contributed by atoms with Crippen molar-refractivity contribution in [1.29, 1.82) is 0 Å². The van der Waals surface area contributed by atoms with Crippen LogP contribution in [0.4, 0.5) is 0 Å². The third-order valence-electron chi connectivity index (χ3n) is 2.73. The summed E-state index contributed by atoms with van der Waals surface area (Å²) in [5.41, 5.74) is 3.46. The second kappa shape index (κ2) is 6.37. The van der Waals surface area contributed by atoms with Crippen LogP contribution in [0.5, 0.6) is 0 Å². The van der Waals surface area contributed by atoms with Crippen molar-refractivity contribution in [2.45, 2.75) is 32.0 Å². The van der Waals surface area contributed by atoms with Crippen LogP contribution in [0.25, 0.3) is 0 Å². The van der Waals surface area contributed by atoms with Gasteiger partial charge in [-0.2, -0.15) is 0 Å². The molecule has 0 spiro atoms. The Morgan fingerprint density at radius 2 is 2.18 bits per heavy atom. The molecule has 0 saturated carbocycles. The third kappa shape index (κ3) is 3.84. The fourth-order valence-corrected chi connectivity index (χ4v) is 1.78. The maximum atomic E-state index is 11.6.